The van der Waals surface area contributed by atoms with Crippen LogP contribution in [0.25, 0.3) is 22.8 Å². The van der Waals surface area contributed by atoms with E-state index in [0.717, 1.165) is 11.1 Å². The van der Waals surface area contributed by atoms with Crippen molar-refractivity contribution in [1.29, 1.82) is 0 Å². The Morgan fingerprint density at radius 3 is 2.19 bits per heavy atom. The predicted octanol–water partition coefficient (Wildman–Crippen LogP) is 2.89. The van der Waals surface area contributed by atoms with Gasteiger partial charge in [0, 0.05) is 30.8 Å². The normalized spacial score (nSPS) is 12.1. The lowest BCUT2D eigenvalue weighted by molar-refractivity contribution is 0.410. The van der Waals surface area contributed by atoms with E-state index in [1.807, 2.05) is 38.1 Å². The number of benzene rings is 2. The monoisotopic (exact) mass is 386 g/mol. The fraction of sp³-hybridized carbons (Fsp3) is 0.263. The molecule has 3 aromatic rings. The molecule has 0 aliphatic heterocycles. The molecule has 8 heteroatoms. The third-order valence-electron chi connectivity index (χ3n) is 4.38. The highest BCUT2D eigenvalue weighted by atomic mass is 32.2. The number of nitrogens with two attached hydrogens (primary N) is 1. The third-order valence-corrected chi connectivity index (χ3v) is 6.43. The lowest BCUT2D eigenvalue weighted by atomic mass is 10.1. The van der Waals surface area contributed by atoms with Crippen molar-refractivity contribution in [2.45, 2.75) is 31.3 Å². The largest absolute Gasteiger partial charge is 0.334 e. The highest BCUT2D eigenvalue weighted by Crippen LogP contribution is 2.25. The number of hydrogen-bond acceptors (Lipinski definition) is 6. The van der Waals surface area contributed by atoms with Crippen molar-refractivity contribution >= 4 is 10.0 Å². The lowest BCUT2D eigenvalue weighted by Gasteiger charge is -2.20. The Bertz CT molecular complexity index is 1010. The van der Waals surface area contributed by atoms with Gasteiger partial charge in [0.15, 0.2) is 0 Å². The highest BCUT2D eigenvalue weighted by molar-refractivity contribution is 7.89. The zero-order valence-corrected chi connectivity index (χ0v) is 16.3. The summed E-state index contributed by atoms with van der Waals surface area (Å²) in [6.07, 6.45) is 0. The van der Waals surface area contributed by atoms with Crippen LogP contribution in [0.1, 0.15) is 19.4 Å². The highest BCUT2D eigenvalue weighted by Gasteiger charge is 2.23. The van der Waals surface area contributed by atoms with E-state index in [1.54, 1.807) is 31.3 Å². The summed E-state index contributed by atoms with van der Waals surface area (Å²) < 4.78 is 31.7. The number of hydrogen-bond donors (Lipinski definition) is 1. The van der Waals surface area contributed by atoms with Crippen LogP contribution in [0, 0.1) is 0 Å². The Balaban J connectivity index is 1.85. The van der Waals surface area contributed by atoms with Crippen LogP contribution in [0.15, 0.2) is 57.9 Å². The smallest absolute Gasteiger partial charge is 0.258 e. The van der Waals surface area contributed by atoms with Gasteiger partial charge in [0.2, 0.25) is 15.8 Å². The molecule has 2 aromatic carbocycles. The van der Waals surface area contributed by atoms with Crippen LogP contribution in [0.5, 0.6) is 0 Å². The molecule has 3 rings (SSSR count). The van der Waals surface area contributed by atoms with Gasteiger partial charge in [-0.15, -0.1) is 0 Å². The molecule has 1 heterocycles. The van der Waals surface area contributed by atoms with Gasteiger partial charge < -0.3 is 10.3 Å². The molecular weight excluding hydrogens is 364 g/mol. The van der Waals surface area contributed by atoms with E-state index >= 15 is 0 Å². The molecule has 0 aliphatic rings. The predicted molar refractivity (Wildman–Crippen MR) is 103 cm³/mol. The molecule has 0 fully saturated rings. The van der Waals surface area contributed by atoms with Gasteiger partial charge in [0.25, 0.3) is 5.89 Å². The Morgan fingerprint density at radius 2 is 1.63 bits per heavy atom. The van der Waals surface area contributed by atoms with Gasteiger partial charge in [-0.1, -0.05) is 29.4 Å². The molecule has 2 N–H and O–H groups in total. The Morgan fingerprint density at radius 1 is 1.04 bits per heavy atom. The first kappa shape index (κ1) is 19.2. The standard InChI is InChI=1S/C19H22N4O3S/c1-13(2)23(3)27(24,25)17-10-8-16(9-11-17)19-21-18(22-26-19)15-6-4-14(12-20)5-7-15/h4-11,13H,12,20H2,1-3H3. The summed E-state index contributed by atoms with van der Waals surface area (Å²) in [6, 6.07) is 13.9. The quantitative estimate of drug-likeness (QED) is 0.699. The van der Waals surface area contributed by atoms with E-state index in [1.165, 1.54) is 4.31 Å². The Hall–Kier alpha value is -2.55. The molecule has 0 saturated heterocycles. The van der Waals surface area contributed by atoms with Crippen molar-refractivity contribution in [2.24, 2.45) is 5.73 Å². The van der Waals surface area contributed by atoms with Crippen molar-refractivity contribution < 1.29 is 12.9 Å². The molecule has 0 aliphatic carbocycles. The van der Waals surface area contributed by atoms with Gasteiger partial charge >= 0.3 is 0 Å². The fourth-order valence-electron chi connectivity index (χ4n) is 2.46. The van der Waals surface area contributed by atoms with Crippen LogP contribution < -0.4 is 5.73 Å². The van der Waals surface area contributed by atoms with E-state index in [0.29, 0.717) is 23.8 Å². The first-order valence-electron chi connectivity index (χ1n) is 8.54. The topological polar surface area (TPSA) is 102 Å². The maximum atomic E-state index is 12.5. The summed E-state index contributed by atoms with van der Waals surface area (Å²) >= 11 is 0. The Kier molecular flexibility index (Phi) is 5.41. The fourth-order valence-corrected chi connectivity index (χ4v) is 3.83. The van der Waals surface area contributed by atoms with Crippen molar-refractivity contribution in [3.05, 3.63) is 54.1 Å². The molecule has 0 radical (unpaired) electrons. The molecule has 142 valence electrons. The number of rotatable bonds is 6. The molecule has 0 bridgehead atoms. The van der Waals surface area contributed by atoms with Crippen LogP contribution in [0.3, 0.4) is 0 Å². The molecule has 0 saturated carbocycles. The van der Waals surface area contributed by atoms with Gasteiger partial charge in [0.05, 0.1) is 4.90 Å². The van der Waals surface area contributed by atoms with E-state index in [9.17, 15) is 8.42 Å². The van der Waals surface area contributed by atoms with Crippen LogP contribution in [0.2, 0.25) is 0 Å². The van der Waals surface area contributed by atoms with Crippen LogP contribution in [0.4, 0.5) is 0 Å². The summed E-state index contributed by atoms with van der Waals surface area (Å²) in [4.78, 5) is 4.61. The third kappa shape index (κ3) is 3.92. The maximum Gasteiger partial charge on any atom is 0.258 e. The second kappa shape index (κ2) is 7.59. The summed E-state index contributed by atoms with van der Waals surface area (Å²) in [7, 11) is -1.96. The van der Waals surface area contributed by atoms with Gasteiger partial charge in [0.1, 0.15) is 0 Å². The van der Waals surface area contributed by atoms with Crippen LogP contribution in [-0.4, -0.2) is 36.0 Å². The summed E-state index contributed by atoms with van der Waals surface area (Å²) in [5.41, 5.74) is 8.09. The van der Waals surface area contributed by atoms with E-state index in [2.05, 4.69) is 10.1 Å². The van der Waals surface area contributed by atoms with Crippen LogP contribution >= 0.6 is 0 Å². The minimum Gasteiger partial charge on any atom is -0.334 e. The zero-order chi connectivity index (χ0) is 19.6. The second-order valence-corrected chi connectivity index (χ2v) is 8.46. The maximum absolute atomic E-state index is 12.5. The molecule has 0 spiro atoms. The van der Waals surface area contributed by atoms with Crippen molar-refractivity contribution in [3.8, 4) is 22.8 Å². The second-order valence-electron chi connectivity index (χ2n) is 6.46. The number of sulfonamides is 1. The van der Waals surface area contributed by atoms with E-state index in [-0.39, 0.29) is 10.9 Å². The average molecular weight is 386 g/mol. The van der Waals surface area contributed by atoms with Crippen molar-refractivity contribution in [1.82, 2.24) is 14.4 Å². The molecule has 0 amide bonds. The SMILES string of the molecule is CC(C)N(C)S(=O)(=O)c1ccc(-c2nc(-c3ccc(CN)cc3)no2)cc1. The summed E-state index contributed by atoms with van der Waals surface area (Å²) in [5.74, 6) is 0.791. The van der Waals surface area contributed by atoms with Gasteiger partial charge in [-0.2, -0.15) is 9.29 Å². The van der Waals surface area contributed by atoms with Crippen molar-refractivity contribution in [3.63, 3.8) is 0 Å². The van der Waals surface area contributed by atoms with E-state index < -0.39 is 10.0 Å². The lowest BCUT2D eigenvalue weighted by Crippen LogP contribution is -2.32. The molecule has 7 nitrogen and oxygen atoms in total. The van der Waals surface area contributed by atoms with Gasteiger partial charge in [-0.05, 0) is 43.7 Å². The van der Waals surface area contributed by atoms with Gasteiger partial charge in [-0.3, -0.25) is 0 Å². The summed E-state index contributed by atoms with van der Waals surface area (Å²) in [5, 5.41) is 4.00. The number of aromatic nitrogens is 2. The van der Waals surface area contributed by atoms with Crippen molar-refractivity contribution in [2.75, 3.05) is 7.05 Å². The average Bonchev–Trinajstić information content (AvgIpc) is 3.17. The molecule has 0 unspecified atom stereocenters. The Labute approximate surface area is 158 Å². The molecular formula is C19H22N4O3S. The van der Waals surface area contributed by atoms with Crippen LogP contribution in [-0.2, 0) is 16.6 Å². The molecule has 27 heavy (non-hydrogen) atoms. The summed E-state index contributed by atoms with van der Waals surface area (Å²) in [6.45, 7) is 4.12. The minimum atomic E-state index is -3.53. The molecule has 0 atom stereocenters. The van der Waals surface area contributed by atoms with E-state index in [4.69, 9.17) is 10.3 Å². The molecule has 1 aromatic heterocycles. The first-order valence-corrected chi connectivity index (χ1v) is 9.98. The minimum absolute atomic E-state index is 0.126. The van der Waals surface area contributed by atoms with Gasteiger partial charge in [-0.25, -0.2) is 8.42 Å². The zero-order valence-electron chi connectivity index (χ0n) is 15.5. The first-order chi connectivity index (χ1) is 12.8. The number of nitrogens with zero attached hydrogens (tertiary/aromatic N) is 3.